The molecule has 1 heterocycles. The number of aliphatic hydroxyl groups is 1. The van der Waals surface area contributed by atoms with Gasteiger partial charge in [0.25, 0.3) is 0 Å². The van der Waals surface area contributed by atoms with Crippen LogP contribution in [0.3, 0.4) is 0 Å². The van der Waals surface area contributed by atoms with Crippen LogP contribution in [0.1, 0.15) is 57.8 Å². The van der Waals surface area contributed by atoms with Crippen molar-refractivity contribution in [3.63, 3.8) is 0 Å². The Morgan fingerprint density at radius 3 is 2.71 bits per heavy atom. The van der Waals surface area contributed by atoms with Crippen molar-refractivity contribution in [3.05, 3.63) is 36.0 Å². The number of amides is 1. The second-order valence-electron chi connectivity index (χ2n) is 7.84. The molecule has 0 spiro atoms. The number of nitrogens with one attached hydrogen (secondary N) is 1. The van der Waals surface area contributed by atoms with Gasteiger partial charge in [0.1, 0.15) is 5.82 Å². The highest BCUT2D eigenvalue weighted by Crippen LogP contribution is 2.32. The summed E-state index contributed by atoms with van der Waals surface area (Å²) in [7, 11) is 0. The molecule has 2 N–H and O–H groups in total. The Kier molecular flexibility index (Phi) is 6.78. The molecular formula is C21H28FN3O3. The van der Waals surface area contributed by atoms with Crippen LogP contribution >= 0.6 is 0 Å². The molecule has 1 amide bonds. The first-order chi connectivity index (χ1) is 13.4. The number of aryl methyl sites for hydroxylation is 1. The van der Waals surface area contributed by atoms with Crippen molar-refractivity contribution in [3.8, 4) is 11.4 Å². The van der Waals surface area contributed by atoms with E-state index in [-0.39, 0.29) is 24.2 Å². The van der Waals surface area contributed by atoms with Gasteiger partial charge in [-0.3, -0.25) is 4.79 Å². The Hall–Kier alpha value is -2.28. The average molecular weight is 389 g/mol. The van der Waals surface area contributed by atoms with E-state index in [1.807, 2.05) is 6.92 Å². The lowest BCUT2D eigenvalue weighted by Crippen LogP contribution is -2.46. The molecule has 1 aliphatic carbocycles. The molecule has 7 heteroatoms. The minimum Gasteiger partial charge on any atom is -0.388 e. The number of hydrogen-bond acceptors (Lipinski definition) is 5. The maximum absolute atomic E-state index is 13.0. The Bertz CT molecular complexity index is 767. The summed E-state index contributed by atoms with van der Waals surface area (Å²) in [6.45, 7) is 2.10. The van der Waals surface area contributed by atoms with Gasteiger partial charge in [0.05, 0.1) is 5.60 Å². The number of hydrogen-bond donors (Lipinski definition) is 2. The minimum absolute atomic E-state index is 0.0886. The van der Waals surface area contributed by atoms with Crippen LogP contribution in [0, 0.1) is 11.7 Å². The van der Waals surface area contributed by atoms with E-state index in [9.17, 15) is 14.3 Å². The number of halogens is 1. The van der Waals surface area contributed by atoms with Crippen LogP contribution in [-0.2, 0) is 11.2 Å². The molecule has 1 atom stereocenters. The second kappa shape index (κ2) is 9.28. The van der Waals surface area contributed by atoms with Crippen molar-refractivity contribution in [2.24, 2.45) is 5.92 Å². The average Bonchev–Trinajstić information content (AvgIpc) is 3.17. The summed E-state index contributed by atoms with van der Waals surface area (Å²) in [5.74, 6) is 0.699. The van der Waals surface area contributed by atoms with E-state index in [4.69, 9.17) is 4.52 Å². The first-order valence-corrected chi connectivity index (χ1v) is 10.0. The molecule has 1 aliphatic rings. The van der Waals surface area contributed by atoms with Gasteiger partial charge in [-0.25, -0.2) is 4.39 Å². The molecule has 0 radical (unpaired) electrons. The molecule has 1 unspecified atom stereocenters. The third kappa shape index (κ3) is 5.61. The van der Waals surface area contributed by atoms with Crippen molar-refractivity contribution in [1.29, 1.82) is 0 Å². The van der Waals surface area contributed by atoms with Crippen LogP contribution in [-0.4, -0.2) is 33.3 Å². The molecule has 0 aliphatic heterocycles. The standard InChI is InChI=1S/C21H28FN3O3/c1-21(27,16-6-3-2-4-7-16)14-23-18(26)8-5-9-19-24-20(25-28-19)15-10-12-17(22)13-11-15/h10-13,16,27H,2-9,14H2,1H3,(H,23,26). The number of rotatable bonds is 8. The topological polar surface area (TPSA) is 88.2 Å². The van der Waals surface area contributed by atoms with E-state index < -0.39 is 5.60 Å². The zero-order valence-corrected chi connectivity index (χ0v) is 16.3. The Labute approximate surface area is 164 Å². The minimum atomic E-state index is -0.855. The lowest BCUT2D eigenvalue weighted by molar-refractivity contribution is -0.123. The van der Waals surface area contributed by atoms with Gasteiger partial charge in [-0.2, -0.15) is 4.98 Å². The summed E-state index contributed by atoms with van der Waals surface area (Å²) in [4.78, 5) is 16.4. The highest BCUT2D eigenvalue weighted by atomic mass is 19.1. The highest BCUT2D eigenvalue weighted by Gasteiger charge is 2.32. The second-order valence-corrected chi connectivity index (χ2v) is 7.84. The van der Waals surface area contributed by atoms with Crippen molar-refractivity contribution in [2.75, 3.05) is 6.54 Å². The van der Waals surface area contributed by atoms with Crippen molar-refractivity contribution < 1.29 is 18.8 Å². The number of carbonyl (C=O) groups excluding carboxylic acids is 1. The molecule has 2 aromatic rings. The van der Waals surface area contributed by atoms with Crippen LogP contribution < -0.4 is 5.32 Å². The predicted octanol–water partition coefficient (Wildman–Crippen LogP) is 3.65. The number of nitrogens with zero attached hydrogens (tertiary/aromatic N) is 2. The fraction of sp³-hybridized carbons (Fsp3) is 0.571. The van der Waals surface area contributed by atoms with E-state index in [1.54, 1.807) is 12.1 Å². The summed E-state index contributed by atoms with van der Waals surface area (Å²) in [5, 5.41) is 17.4. The zero-order chi connectivity index (χ0) is 20.0. The summed E-state index contributed by atoms with van der Waals surface area (Å²) < 4.78 is 18.2. The Balaban J connectivity index is 1.40. The third-order valence-electron chi connectivity index (χ3n) is 5.49. The van der Waals surface area contributed by atoms with Gasteiger partial charge in [-0.15, -0.1) is 0 Å². The summed E-state index contributed by atoms with van der Waals surface area (Å²) >= 11 is 0. The molecule has 0 bridgehead atoms. The first-order valence-electron chi connectivity index (χ1n) is 10.0. The van der Waals surface area contributed by atoms with Crippen LogP contribution in [0.4, 0.5) is 4.39 Å². The normalized spacial score (nSPS) is 17.2. The van der Waals surface area contributed by atoms with Crippen LogP contribution in [0.15, 0.2) is 28.8 Å². The quantitative estimate of drug-likeness (QED) is 0.720. The fourth-order valence-corrected chi connectivity index (χ4v) is 3.71. The SMILES string of the molecule is CC(O)(CNC(=O)CCCc1nc(-c2ccc(F)cc2)no1)C1CCCCC1. The zero-order valence-electron chi connectivity index (χ0n) is 16.3. The van der Waals surface area contributed by atoms with Crippen molar-refractivity contribution in [2.45, 2.75) is 63.9 Å². The molecule has 1 fully saturated rings. The molecule has 1 saturated carbocycles. The van der Waals surface area contributed by atoms with Gasteiger partial charge in [0.15, 0.2) is 0 Å². The van der Waals surface area contributed by atoms with E-state index in [1.165, 1.54) is 18.6 Å². The fourth-order valence-electron chi connectivity index (χ4n) is 3.71. The van der Waals surface area contributed by atoms with Crippen LogP contribution in [0.2, 0.25) is 0 Å². The lowest BCUT2D eigenvalue weighted by atomic mass is 9.78. The first kappa shape index (κ1) is 20.5. The van der Waals surface area contributed by atoms with Gasteiger partial charge in [-0.05, 0) is 56.4 Å². The molecule has 6 nitrogen and oxygen atoms in total. The van der Waals surface area contributed by atoms with Crippen molar-refractivity contribution >= 4 is 5.91 Å². The summed E-state index contributed by atoms with van der Waals surface area (Å²) in [6, 6.07) is 5.88. The number of benzene rings is 1. The van der Waals surface area contributed by atoms with E-state index in [2.05, 4.69) is 15.5 Å². The number of aromatic nitrogens is 2. The smallest absolute Gasteiger partial charge is 0.226 e. The van der Waals surface area contributed by atoms with E-state index in [0.717, 1.165) is 25.7 Å². The molecule has 1 aromatic heterocycles. The number of carbonyl (C=O) groups is 1. The summed E-state index contributed by atoms with van der Waals surface area (Å²) in [6.07, 6.45) is 6.97. The summed E-state index contributed by atoms with van der Waals surface area (Å²) in [5.41, 5.74) is -0.175. The Morgan fingerprint density at radius 1 is 1.29 bits per heavy atom. The Morgan fingerprint density at radius 2 is 2.00 bits per heavy atom. The van der Waals surface area contributed by atoms with Gasteiger partial charge in [-0.1, -0.05) is 24.4 Å². The van der Waals surface area contributed by atoms with Gasteiger partial charge < -0.3 is 14.9 Å². The van der Waals surface area contributed by atoms with E-state index >= 15 is 0 Å². The molecule has 0 saturated heterocycles. The van der Waals surface area contributed by atoms with Gasteiger partial charge in [0.2, 0.25) is 17.6 Å². The van der Waals surface area contributed by atoms with Gasteiger partial charge in [0, 0.05) is 24.9 Å². The highest BCUT2D eigenvalue weighted by molar-refractivity contribution is 5.75. The largest absolute Gasteiger partial charge is 0.388 e. The van der Waals surface area contributed by atoms with Crippen LogP contribution in [0.25, 0.3) is 11.4 Å². The lowest BCUT2D eigenvalue weighted by Gasteiger charge is -2.35. The monoisotopic (exact) mass is 389 g/mol. The molecule has 1 aromatic carbocycles. The van der Waals surface area contributed by atoms with Crippen LogP contribution in [0.5, 0.6) is 0 Å². The maximum atomic E-state index is 13.0. The van der Waals surface area contributed by atoms with E-state index in [0.29, 0.717) is 36.5 Å². The molecule has 3 rings (SSSR count). The predicted molar refractivity (Wildman–Crippen MR) is 103 cm³/mol. The van der Waals surface area contributed by atoms with Crippen molar-refractivity contribution in [1.82, 2.24) is 15.5 Å². The maximum Gasteiger partial charge on any atom is 0.226 e. The molecule has 28 heavy (non-hydrogen) atoms. The molecular weight excluding hydrogens is 361 g/mol. The third-order valence-corrected chi connectivity index (χ3v) is 5.49. The molecule has 152 valence electrons. The van der Waals surface area contributed by atoms with Gasteiger partial charge >= 0.3 is 0 Å².